The summed E-state index contributed by atoms with van der Waals surface area (Å²) in [6.07, 6.45) is 0.675. The van der Waals surface area contributed by atoms with Crippen molar-refractivity contribution in [1.29, 1.82) is 0 Å². The van der Waals surface area contributed by atoms with Crippen molar-refractivity contribution in [3.8, 4) is 0 Å². The molecule has 29 heavy (non-hydrogen) atoms. The summed E-state index contributed by atoms with van der Waals surface area (Å²) in [5, 5.41) is 11.4. The molecule has 3 rings (SSSR count). The van der Waals surface area contributed by atoms with Gasteiger partial charge in [-0.15, -0.1) is 0 Å². The number of rotatable bonds is 5. The van der Waals surface area contributed by atoms with Crippen LogP contribution in [0.2, 0.25) is 0 Å². The van der Waals surface area contributed by atoms with Crippen molar-refractivity contribution in [2.24, 2.45) is 0 Å². The molecule has 0 spiro atoms. The Morgan fingerprint density at radius 3 is 1.03 bits per heavy atom. The van der Waals surface area contributed by atoms with Gasteiger partial charge in [-0.25, -0.2) is 0 Å². The normalized spacial score (nSPS) is 13.2. The number of hydrogen-bond donors (Lipinski definition) is 1. The van der Waals surface area contributed by atoms with Crippen LogP contribution in [0.25, 0.3) is 0 Å². The van der Waals surface area contributed by atoms with Crippen LogP contribution < -0.4 is 15.9 Å². The molecule has 0 aliphatic carbocycles. The van der Waals surface area contributed by atoms with Crippen LogP contribution in [0.3, 0.4) is 0 Å². The zero-order chi connectivity index (χ0) is 21.4. The molecule has 0 amide bonds. The second-order valence-corrected chi connectivity index (χ2v) is 17.2. The van der Waals surface area contributed by atoms with E-state index in [0.717, 1.165) is 0 Å². The molecular formula is C26H32BrOP. The maximum atomic E-state index is 10.5. The van der Waals surface area contributed by atoms with Crippen LogP contribution in [0.4, 0.5) is 0 Å². The predicted octanol–water partition coefficient (Wildman–Crippen LogP) is 5.67. The first-order valence-electron chi connectivity index (χ1n) is 10.2. The van der Waals surface area contributed by atoms with Crippen molar-refractivity contribution in [3.63, 3.8) is 0 Å². The van der Waals surface area contributed by atoms with Gasteiger partial charge >= 0.3 is 184 Å². The van der Waals surface area contributed by atoms with E-state index in [1.165, 1.54) is 49.3 Å². The summed E-state index contributed by atoms with van der Waals surface area (Å²) < 4.78 is 0. The van der Waals surface area contributed by atoms with Crippen LogP contribution in [-0.4, -0.2) is 17.9 Å². The minimum absolute atomic E-state index is 0.123. The van der Waals surface area contributed by atoms with Crippen molar-refractivity contribution in [2.45, 2.75) is 41.5 Å². The summed E-state index contributed by atoms with van der Waals surface area (Å²) in [7, 11) is 0. The number of aryl methyl sites for hydroxylation is 6. The Balaban J connectivity index is 2.72. The third-order valence-electron chi connectivity index (χ3n) is 6.24. The zero-order valence-corrected chi connectivity index (χ0v) is 20.9. The monoisotopic (exact) mass is 470 g/mol. The molecule has 0 fully saturated rings. The second kappa shape index (κ2) is 7.99. The fourth-order valence-corrected chi connectivity index (χ4v) is 17.6. The molecule has 0 bridgehead atoms. The van der Waals surface area contributed by atoms with Crippen molar-refractivity contribution in [1.82, 2.24) is 0 Å². The van der Waals surface area contributed by atoms with Gasteiger partial charge in [-0.3, -0.25) is 0 Å². The molecule has 3 heteroatoms. The molecule has 0 aliphatic rings. The molecule has 0 radical (unpaired) electrons. The van der Waals surface area contributed by atoms with Crippen molar-refractivity contribution < 1.29 is 5.11 Å². The van der Waals surface area contributed by atoms with Gasteiger partial charge in [0.25, 0.3) is 0 Å². The SMILES string of the molecule is Cc1cccc(C)c1P(Br)(CCO)(c1c(C)cccc1C)c1c(C)cccc1C. The van der Waals surface area contributed by atoms with Gasteiger partial charge in [-0.1, -0.05) is 0 Å². The number of aliphatic hydroxyl groups excluding tert-OH is 1. The first-order valence-corrected chi connectivity index (χ1v) is 14.6. The third kappa shape index (κ3) is 3.30. The summed E-state index contributed by atoms with van der Waals surface area (Å²) in [5.41, 5.74) is 7.66. The number of benzene rings is 3. The van der Waals surface area contributed by atoms with Gasteiger partial charge in [0.1, 0.15) is 0 Å². The van der Waals surface area contributed by atoms with Crippen LogP contribution in [0, 0.1) is 41.5 Å². The van der Waals surface area contributed by atoms with Gasteiger partial charge in [0, 0.05) is 0 Å². The van der Waals surface area contributed by atoms with Gasteiger partial charge < -0.3 is 0 Å². The fourth-order valence-electron chi connectivity index (χ4n) is 5.48. The molecule has 0 saturated heterocycles. The topological polar surface area (TPSA) is 20.2 Å². The van der Waals surface area contributed by atoms with E-state index < -0.39 is 5.31 Å². The van der Waals surface area contributed by atoms with Gasteiger partial charge in [-0.2, -0.15) is 0 Å². The van der Waals surface area contributed by atoms with E-state index in [9.17, 15) is 5.11 Å². The molecule has 1 N–H and O–H groups in total. The van der Waals surface area contributed by atoms with Crippen LogP contribution >= 0.6 is 20.8 Å². The van der Waals surface area contributed by atoms with E-state index in [2.05, 4.69) is 112 Å². The van der Waals surface area contributed by atoms with Crippen LogP contribution in [0.1, 0.15) is 33.4 Å². The van der Waals surface area contributed by atoms with Crippen molar-refractivity contribution in [3.05, 3.63) is 88.0 Å². The molecule has 3 aromatic rings. The van der Waals surface area contributed by atoms with Crippen LogP contribution in [-0.2, 0) is 0 Å². The van der Waals surface area contributed by atoms with E-state index >= 15 is 0 Å². The van der Waals surface area contributed by atoms with Gasteiger partial charge in [-0.05, 0) is 0 Å². The Labute approximate surface area is 183 Å². The quantitative estimate of drug-likeness (QED) is 0.476. The average Bonchev–Trinajstić information content (AvgIpc) is 2.61. The summed E-state index contributed by atoms with van der Waals surface area (Å²) in [4.78, 5) is 0. The van der Waals surface area contributed by atoms with Crippen LogP contribution in [0.5, 0.6) is 0 Å². The summed E-state index contributed by atoms with van der Waals surface area (Å²) >= 11 is 4.55. The Morgan fingerprint density at radius 2 is 0.828 bits per heavy atom. The van der Waals surface area contributed by atoms with E-state index in [1.807, 2.05) is 0 Å². The predicted molar refractivity (Wildman–Crippen MR) is 134 cm³/mol. The first kappa shape index (κ1) is 22.2. The van der Waals surface area contributed by atoms with Gasteiger partial charge in [0.15, 0.2) is 0 Å². The van der Waals surface area contributed by atoms with E-state index in [1.54, 1.807) is 0 Å². The average molecular weight is 471 g/mol. The molecular weight excluding hydrogens is 439 g/mol. The van der Waals surface area contributed by atoms with E-state index in [4.69, 9.17) is 0 Å². The number of hydrogen-bond acceptors (Lipinski definition) is 1. The Morgan fingerprint density at radius 1 is 0.586 bits per heavy atom. The molecule has 3 aromatic carbocycles. The van der Waals surface area contributed by atoms with Crippen molar-refractivity contribution in [2.75, 3.05) is 12.8 Å². The molecule has 0 unspecified atom stereocenters. The molecule has 0 heterocycles. The molecule has 0 saturated carbocycles. The van der Waals surface area contributed by atoms with E-state index in [-0.39, 0.29) is 6.61 Å². The zero-order valence-electron chi connectivity index (χ0n) is 18.4. The first-order chi connectivity index (χ1) is 13.7. The molecule has 0 atom stereocenters. The minimum atomic E-state index is -3.15. The number of aliphatic hydroxyl groups is 1. The molecule has 0 aromatic heterocycles. The standard InChI is InChI=1S/C26H32BrOP/c1-18-10-7-11-19(2)24(18)29(27,17-16-28,25-20(3)12-8-13-21(25)4)26-22(5)14-9-15-23(26)6/h7-15,28H,16-17H2,1-6H3. The molecule has 0 aliphatic heterocycles. The summed E-state index contributed by atoms with van der Waals surface area (Å²) in [5.74, 6) is 0. The van der Waals surface area contributed by atoms with Crippen LogP contribution in [0.15, 0.2) is 54.6 Å². The fraction of sp³-hybridized carbons (Fsp3) is 0.308. The molecule has 154 valence electrons. The van der Waals surface area contributed by atoms with Gasteiger partial charge in [0.2, 0.25) is 0 Å². The maximum absolute atomic E-state index is 10.5. The van der Waals surface area contributed by atoms with Gasteiger partial charge in [0.05, 0.1) is 0 Å². The third-order valence-corrected chi connectivity index (χ3v) is 16.4. The Kier molecular flexibility index (Phi) is 6.12. The summed E-state index contributed by atoms with van der Waals surface area (Å²) in [6.45, 7) is 13.4. The van der Waals surface area contributed by atoms with Crippen molar-refractivity contribution >= 4 is 36.7 Å². The second-order valence-electron chi connectivity index (χ2n) is 8.35. The summed E-state index contributed by atoms with van der Waals surface area (Å²) in [6, 6.07) is 19.7. The number of halogens is 1. The Bertz CT molecular complexity index is 882. The Hall–Kier alpha value is -1.47. The van der Waals surface area contributed by atoms with E-state index in [0.29, 0.717) is 6.16 Å². The molecule has 1 nitrogen and oxygen atoms in total.